The zero-order valence-corrected chi connectivity index (χ0v) is 8.64. The normalized spacial score (nSPS) is 21.4. The lowest BCUT2D eigenvalue weighted by atomic mass is 10.2. The van der Waals surface area contributed by atoms with E-state index in [9.17, 15) is 9.59 Å². The summed E-state index contributed by atoms with van der Waals surface area (Å²) in [5, 5.41) is 8.88. The van der Waals surface area contributed by atoms with Crippen molar-refractivity contribution in [3.05, 3.63) is 0 Å². The number of carbonyl (C=O) groups is 2. The molecule has 0 radical (unpaired) electrons. The van der Waals surface area contributed by atoms with E-state index in [2.05, 4.69) is 0 Å². The summed E-state index contributed by atoms with van der Waals surface area (Å²) < 4.78 is 9.80. The fourth-order valence-electron chi connectivity index (χ4n) is 1.44. The minimum atomic E-state index is -1.03. The Hall–Kier alpha value is -1.14. The van der Waals surface area contributed by atoms with Gasteiger partial charge in [-0.2, -0.15) is 0 Å². The summed E-state index contributed by atoms with van der Waals surface area (Å²) in [6, 6.07) is -0.858. The van der Waals surface area contributed by atoms with Crippen molar-refractivity contribution in [3.8, 4) is 0 Å². The summed E-state index contributed by atoms with van der Waals surface area (Å²) in [6.07, 6.45) is 0.209. The van der Waals surface area contributed by atoms with Gasteiger partial charge in [-0.15, -0.1) is 0 Å². The SMILES string of the molecule is COCCC(=O)N1CCOCC1C(=O)O. The Kier molecular flexibility index (Phi) is 4.51. The zero-order valence-electron chi connectivity index (χ0n) is 8.64. The van der Waals surface area contributed by atoms with Gasteiger partial charge in [0.2, 0.25) is 5.91 Å². The Morgan fingerprint density at radius 3 is 2.93 bits per heavy atom. The van der Waals surface area contributed by atoms with Gasteiger partial charge < -0.3 is 19.5 Å². The van der Waals surface area contributed by atoms with Gasteiger partial charge >= 0.3 is 5.97 Å². The average molecular weight is 217 g/mol. The molecule has 1 amide bonds. The number of amides is 1. The molecule has 0 bridgehead atoms. The van der Waals surface area contributed by atoms with Crippen molar-refractivity contribution in [3.63, 3.8) is 0 Å². The van der Waals surface area contributed by atoms with E-state index in [1.807, 2.05) is 0 Å². The monoisotopic (exact) mass is 217 g/mol. The predicted molar refractivity (Wildman–Crippen MR) is 50.4 cm³/mol. The summed E-state index contributed by atoms with van der Waals surface area (Å²) in [7, 11) is 1.50. The van der Waals surface area contributed by atoms with Crippen LogP contribution in [-0.2, 0) is 19.1 Å². The number of rotatable bonds is 4. The highest BCUT2D eigenvalue weighted by atomic mass is 16.5. The van der Waals surface area contributed by atoms with Crippen molar-refractivity contribution < 1.29 is 24.2 Å². The highest BCUT2D eigenvalue weighted by molar-refractivity contribution is 5.84. The van der Waals surface area contributed by atoms with Gasteiger partial charge in [0.15, 0.2) is 6.04 Å². The molecule has 0 aromatic rings. The Labute approximate surface area is 87.8 Å². The summed E-state index contributed by atoms with van der Waals surface area (Å²) >= 11 is 0. The molecule has 86 valence electrons. The van der Waals surface area contributed by atoms with E-state index in [1.165, 1.54) is 12.0 Å². The van der Waals surface area contributed by atoms with Gasteiger partial charge in [0.1, 0.15) is 0 Å². The number of carboxylic acids is 1. The highest BCUT2D eigenvalue weighted by Crippen LogP contribution is 2.09. The molecule has 1 unspecified atom stereocenters. The molecule has 0 aromatic heterocycles. The van der Waals surface area contributed by atoms with Gasteiger partial charge in [-0.05, 0) is 0 Å². The second-order valence-electron chi connectivity index (χ2n) is 3.26. The smallest absolute Gasteiger partial charge is 0.328 e. The van der Waals surface area contributed by atoms with Gasteiger partial charge in [0.05, 0.1) is 26.2 Å². The molecule has 0 aromatic carbocycles. The lowest BCUT2D eigenvalue weighted by molar-refractivity contribution is -0.158. The number of morpholine rings is 1. The molecule has 6 heteroatoms. The average Bonchev–Trinajstić information content (AvgIpc) is 2.25. The maximum atomic E-state index is 11.6. The molecule has 0 spiro atoms. The predicted octanol–water partition coefficient (Wildman–Crippen LogP) is -0.665. The number of hydrogen-bond donors (Lipinski definition) is 1. The van der Waals surface area contributed by atoms with Crippen molar-refractivity contribution in [2.45, 2.75) is 12.5 Å². The molecule has 1 rings (SSSR count). The van der Waals surface area contributed by atoms with Crippen molar-refractivity contribution >= 4 is 11.9 Å². The molecule has 15 heavy (non-hydrogen) atoms. The lowest BCUT2D eigenvalue weighted by Crippen LogP contribution is -2.52. The van der Waals surface area contributed by atoms with Crippen LogP contribution in [0.4, 0.5) is 0 Å². The van der Waals surface area contributed by atoms with E-state index in [0.29, 0.717) is 19.8 Å². The van der Waals surface area contributed by atoms with Gasteiger partial charge in [-0.1, -0.05) is 0 Å². The van der Waals surface area contributed by atoms with Crippen LogP contribution in [-0.4, -0.2) is 61.4 Å². The first-order valence-corrected chi connectivity index (χ1v) is 4.75. The molecule has 1 atom stereocenters. The molecule has 0 aliphatic carbocycles. The van der Waals surface area contributed by atoms with Gasteiger partial charge in [0.25, 0.3) is 0 Å². The molecule has 1 saturated heterocycles. The lowest BCUT2D eigenvalue weighted by Gasteiger charge is -2.32. The molecular weight excluding hydrogens is 202 g/mol. The van der Waals surface area contributed by atoms with Crippen LogP contribution in [0.5, 0.6) is 0 Å². The Balaban J connectivity index is 2.55. The van der Waals surface area contributed by atoms with Crippen LogP contribution in [0, 0.1) is 0 Å². The van der Waals surface area contributed by atoms with Gasteiger partial charge in [-0.3, -0.25) is 4.79 Å². The van der Waals surface area contributed by atoms with E-state index in [4.69, 9.17) is 14.6 Å². The summed E-state index contributed by atoms with van der Waals surface area (Å²) in [6.45, 7) is 1.10. The fraction of sp³-hybridized carbons (Fsp3) is 0.778. The highest BCUT2D eigenvalue weighted by Gasteiger charge is 2.32. The minimum Gasteiger partial charge on any atom is -0.480 e. The van der Waals surface area contributed by atoms with Crippen molar-refractivity contribution in [1.29, 1.82) is 0 Å². The molecule has 1 aliphatic rings. The van der Waals surface area contributed by atoms with Crippen molar-refractivity contribution in [2.75, 3.05) is 33.5 Å². The van der Waals surface area contributed by atoms with Gasteiger partial charge in [-0.25, -0.2) is 4.79 Å². The minimum absolute atomic E-state index is 0.0635. The van der Waals surface area contributed by atoms with Gasteiger partial charge in [0, 0.05) is 13.7 Å². The van der Waals surface area contributed by atoms with Crippen LogP contribution in [0.25, 0.3) is 0 Å². The number of carboxylic acid groups (broad SMARTS) is 1. The first-order chi connectivity index (χ1) is 7.16. The topological polar surface area (TPSA) is 76.1 Å². The summed E-state index contributed by atoms with van der Waals surface area (Å²) in [5.74, 6) is -1.23. The summed E-state index contributed by atoms with van der Waals surface area (Å²) in [5.41, 5.74) is 0. The number of carbonyl (C=O) groups excluding carboxylic acids is 1. The van der Waals surface area contributed by atoms with E-state index >= 15 is 0 Å². The summed E-state index contributed by atoms with van der Waals surface area (Å²) in [4.78, 5) is 23.8. The van der Waals surface area contributed by atoms with Crippen molar-refractivity contribution in [1.82, 2.24) is 4.90 Å². The number of aliphatic carboxylic acids is 1. The van der Waals surface area contributed by atoms with Crippen molar-refractivity contribution in [2.24, 2.45) is 0 Å². The standard InChI is InChI=1S/C9H15NO5/c1-14-4-2-8(11)10-3-5-15-6-7(10)9(12)13/h7H,2-6H2,1H3,(H,12,13). The van der Waals surface area contributed by atoms with E-state index in [-0.39, 0.29) is 18.9 Å². The molecule has 1 fully saturated rings. The zero-order chi connectivity index (χ0) is 11.3. The maximum absolute atomic E-state index is 11.6. The van der Waals surface area contributed by atoms with Crippen LogP contribution >= 0.6 is 0 Å². The van der Waals surface area contributed by atoms with Crippen LogP contribution in [0.3, 0.4) is 0 Å². The first-order valence-electron chi connectivity index (χ1n) is 4.75. The van der Waals surface area contributed by atoms with Crippen LogP contribution in [0.2, 0.25) is 0 Å². The fourth-order valence-corrected chi connectivity index (χ4v) is 1.44. The number of nitrogens with zero attached hydrogens (tertiary/aromatic N) is 1. The largest absolute Gasteiger partial charge is 0.480 e. The third kappa shape index (κ3) is 3.17. The van der Waals surface area contributed by atoms with E-state index < -0.39 is 12.0 Å². The number of ether oxygens (including phenoxy) is 2. The Morgan fingerprint density at radius 1 is 1.60 bits per heavy atom. The van der Waals surface area contributed by atoms with E-state index in [0.717, 1.165) is 0 Å². The van der Waals surface area contributed by atoms with Crippen LogP contribution in [0.1, 0.15) is 6.42 Å². The van der Waals surface area contributed by atoms with Crippen LogP contribution < -0.4 is 0 Å². The Morgan fingerprint density at radius 2 is 2.33 bits per heavy atom. The second-order valence-corrected chi connectivity index (χ2v) is 3.26. The third-order valence-electron chi connectivity index (χ3n) is 2.25. The molecule has 6 nitrogen and oxygen atoms in total. The quantitative estimate of drug-likeness (QED) is 0.676. The first kappa shape index (κ1) is 11.9. The van der Waals surface area contributed by atoms with E-state index in [1.54, 1.807) is 0 Å². The Bertz CT molecular complexity index is 243. The second kappa shape index (κ2) is 5.67. The molecule has 0 saturated carbocycles. The number of methoxy groups -OCH3 is 1. The third-order valence-corrected chi connectivity index (χ3v) is 2.25. The maximum Gasteiger partial charge on any atom is 0.328 e. The molecule has 1 aliphatic heterocycles. The molecular formula is C9H15NO5. The number of hydrogen-bond acceptors (Lipinski definition) is 4. The molecule has 1 N–H and O–H groups in total. The molecule has 1 heterocycles. The van der Waals surface area contributed by atoms with Crippen LogP contribution in [0.15, 0.2) is 0 Å².